The van der Waals surface area contributed by atoms with Gasteiger partial charge in [-0.25, -0.2) is 0 Å². The number of hydrogen-bond acceptors (Lipinski definition) is 3. The summed E-state index contributed by atoms with van der Waals surface area (Å²) in [5.74, 6) is 0.877. The van der Waals surface area contributed by atoms with Crippen molar-refractivity contribution in [3.05, 3.63) is 65.7 Å². The Morgan fingerprint density at radius 1 is 1.15 bits per heavy atom. The van der Waals surface area contributed by atoms with Gasteiger partial charge in [-0.05, 0) is 54.3 Å². The van der Waals surface area contributed by atoms with E-state index in [-0.39, 0.29) is 11.8 Å². The highest BCUT2D eigenvalue weighted by Crippen LogP contribution is 2.21. The highest BCUT2D eigenvalue weighted by atomic mass is 16.5. The SMILES string of the molecule is COc1ccc(CCNC(=O)/C=C/c2ccc(N3CCCC3=O)cc2)cc1. The summed E-state index contributed by atoms with van der Waals surface area (Å²) in [4.78, 5) is 25.5. The second-order valence-electron chi connectivity index (χ2n) is 6.46. The van der Waals surface area contributed by atoms with Crippen LogP contribution in [0.2, 0.25) is 0 Å². The van der Waals surface area contributed by atoms with E-state index in [1.165, 1.54) is 6.08 Å². The summed E-state index contributed by atoms with van der Waals surface area (Å²) in [6, 6.07) is 15.5. The summed E-state index contributed by atoms with van der Waals surface area (Å²) < 4.78 is 5.13. The summed E-state index contributed by atoms with van der Waals surface area (Å²) in [6.45, 7) is 1.36. The monoisotopic (exact) mass is 364 g/mol. The molecular weight excluding hydrogens is 340 g/mol. The number of rotatable bonds is 7. The van der Waals surface area contributed by atoms with Crippen molar-refractivity contribution in [3.63, 3.8) is 0 Å². The summed E-state index contributed by atoms with van der Waals surface area (Å²) >= 11 is 0. The van der Waals surface area contributed by atoms with Gasteiger partial charge in [-0.1, -0.05) is 24.3 Å². The lowest BCUT2D eigenvalue weighted by Crippen LogP contribution is -2.23. The molecule has 2 aromatic rings. The molecular formula is C22H24N2O3. The van der Waals surface area contributed by atoms with Gasteiger partial charge in [0.05, 0.1) is 7.11 Å². The molecule has 0 radical (unpaired) electrons. The van der Waals surface area contributed by atoms with Crippen LogP contribution in [0.3, 0.4) is 0 Å². The van der Waals surface area contributed by atoms with Crippen LogP contribution in [0.5, 0.6) is 5.75 Å². The van der Waals surface area contributed by atoms with Gasteiger partial charge < -0.3 is 15.0 Å². The average molecular weight is 364 g/mol. The van der Waals surface area contributed by atoms with Gasteiger partial charge in [0, 0.05) is 31.3 Å². The molecule has 0 aliphatic carbocycles. The molecule has 1 heterocycles. The van der Waals surface area contributed by atoms with Crippen LogP contribution in [0.15, 0.2) is 54.6 Å². The molecule has 0 saturated carbocycles. The molecule has 2 amide bonds. The zero-order valence-electron chi connectivity index (χ0n) is 15.5. The molecule has 5 heteroatoms. The highest BCUT2D eigenvalue weighted by molar-refractivity contribution is 5.95. The van der Waals surface area contributed by atoms with Crippen LogP contribution in [0.4, 0.5) is 5.69 Å². The zero-order valence-corrected chi connectivity index (χ0v) is 15.5. The first-order valence-corrected chi connectivity index (χ1v) is 9.15. The van der Waals surface area contributed by atoms with Crippen molar-refractivity contribution in [1.82, 2.24) is 5.32 Å². The van der Waals surface area contributed by atoms with Crippen LogP contribution >= 0.6 is 0 Å². The Bertz CT molecular complexity index is 810. The number of carbonyl (C=O) groups excluding carboxylic acids is 2. The Morgan fingerprint density at radius 3 is 2.52 bits per heavy atom. The minimum Gasteiger partial charge on any atom is -0.497 e. The number of nitrogens with one attached hydrogen (secondary N) is 1. The maximum absolute atomic E-state index is 12.0. The Balaban J connectivity index is 1.45. The predicted octanol–water partition coefficient (Wildman–Crippen LogP) is 3.19. The average Bonchev–Trinajstić information content (AvgIpc) is 3.13. The number of nitrogens with zero attached hydrogens (tertiary/aromatic N) is 1. The van der Waals surface area contributed by atoms with Gasteiger partial charge in [-0.3, -0.25) is 9.59 Å². The molecule has 3 rings (SSSR count). The van der Waals surface area contributed by atoms with E-state index in [1.807, 2.05) is 48.5 Å². The molecule has 1 aliphatic heterocycles. The molecule has 140 valence electrons. The van der Waals surface area contributed by atoms with Crippen LogP contribution in [-0.4, -0.2) is 32.0 Å². The summed E-state index contributed by atoms with van der Waals surface area (Å²) in [5, 5.41) is 2.88. The van der Waals surface area contributed by atoms with Crippen molar-refractivity contribution in [2.75, 3.05) is 25.1 Å². The molecule has 1 N–H and O–H groups in total. The smallest absolute Gasteiger partial charge is 0.244 e. The number of methoxy groups -OCH3 is 1. The molecule has 2 aromatic carbocycles. The number of hydrogen-bond donors (Lipinski definition) is 1. The number of carbonyl (C=O) groups is 2. The van der Waals surface area contributed by atoms with Gasteiger partial charge in [0.15, 0.2) is 0 Å². The molecule has 1 fully saturated rings. The van der Waals surface area contributed by atoms with Crippen molar-refractivity contribution < 1.29 is 14.3 Å². The van der Waals surface area contributed by atoms with Crippen molar-refractivity contribution in [2.45, 2.75) is 19.3 Å². The first kappa shape index (κ1) is 18.7. The second kappa shape index (κ2) is 9.03. The van der Waals surface area contributed by atoms with Crippen molar-refractivity contribution in [1.29, 1.82) is 0 Å². The van der Waals surface area contributed by atoms with E-state index >= 15 is 0 Å². The Labute approximate surface area is 159 Å². The summed E-state index contributed by atoms with van der Waals surface area (Å²) in [6.07, 6.45) is 5.61. The van der Waals surface area contributed by atoms with Crippen LogP contribution in [0.1, 0.15) is 24.0 Å². The number of anilines is 1. The molecule has 0 bridgehead atoms. The van der Waals surface area contributed by atoms with Crippen molar-refractivity contribution >= 4 is 23.6 Å². The fourth-order valence-corrected chi connectivity index (χ4v) is 3.04. The standard InChI is InChI=1S/C22H24N2O3/c1-27-20-11-6-18(7-12-20)14-15-23-21(25)13-8-17-4-9-19(10-5-17)24-16-2-3-22(24)26/h4-13H,2-3,14-16H2,1H3,(H,23,25)/b13-8+. The largest absolute Gasteiger partial charge is 0.497 e. The summed E-state index contributed by atoms with van der Waals surface area (Å²) in [7, 11) is 1.64. The number of benzene rings is 2. The van der Waals surface area contributed by atoms with Gasteiger partial charge in [-0.15, -0.1) is 0 Å². The van der Waals surface area contributed by atoms with Gasteiger partial charge >= 0.3 is 0 Å². The lowest BCUT2D eigenvalue weighted by atomic mass is 10.1. The first-order chi connectivity index (χ1) is 13.2. The van der Waals surface area contributed by atoms with E-state index in [0.29, 0.717) is 13.0 Å². The normalized spacial score (nSPS) is 14.0. The Morgan fingerprint density at radius 2 is 1.89 bits per heavy atom. The topological polar surface area (TPSA) is 58.6 Å². The van der Waals surface area contributed by atoms with Crippen LogP contribution in [-0.2, 0) is 16.0 Å². The van der Waals surface area contributed by atoms with Crippen LogP contribution < -0.4 is 15.0 Å². The van der Waals surface area contributed by atoms with E-state index in [0.717, 1.165) is 42.0 Å². The van der Waals surface area contributed by atoms with E-state index in [4.69, 9.17) is 4.74 Å². The third-order valence-electron chi connectivity index (χ3n) is 4.58. The summed E-state index contributed by atoms with van der Waals surface area (Å²) in [5.41, 5.74) is 2.99. The first-order valence-electron chi connectivity index (χ1n) is 9.15. The van der Waals surface area contributed by atoms with Crippen molar-refractivity contribution in [2.24, 2.45) is 0 Å². The van der Waals surface area contributed by atoms with Crippen LogP contribution in [0, 0.1) is 0 Å². The van der Waals surface area contributed by atoms with Crippen molar-refractivity contribution in [3.8, 4) is 5.75 Å². The molecule has 1 aliphatic rings. The lowest BCUT2D eigenvalue weighted by Gasteiger charge is -2.15. The van der Waals surface area contributed by atoms with Gasteiger partial charge in [0.1, 0.15) is 5.75 Å². The van der Waals surface area contributed by atoms with E-state index in [9.17, 15) is 9.59 Å². The molecule has 0 atom stereocenters. The minimum absolute atomic E-state index is 0.123. The zero-order chi connectivity index (χ0) is 19.1. The second-order valence-corrected chi connectivity index (χ2v) is 6.46. The molecule has 5 nitrogen and oxygen atoms in total. The molecule has 0 unspecified atom stereocenters. The van der Waals surface area contributed by atoms with E-state index in [1.54, 1.807) is 18.1 Å². The number of amides is 2. The molecule has 0 aromatic heterocycles. The Kier molecular flexibility index (Phi) is 6.26. The maximum Gasteiger partial charge on any atom is 0.244 e. The molecule has 1 saturated heterocycles. The van der Waals surface area contributed by atoms with Gasteiger partial charge in [0.25, 0.3) is 0 Å². The third kappa shape index (κ3) is 5.20. The molecule has 0 spiro atoms. The minimum atomic E-state index is -0.123. The molecule has 27 heavy (non-hydrogen) atoms. The fraction of sp³-hybridized carbons (Fsp3) is 0.273. The van der Waals surface area contributed by atoms with Gasteiger partial charge in [-0.2, -0.15) is 0 Å². The highest BCUT2D eigenvalue weighted by Gasteiger charge is 2.21. The predicted molar refractivity (Wildman–Crippen MR) is 107 cm³/mol. The van der Waals surface area contributed by atoms with Crippen LogP contribution in [0.25, 0.3) is 6.08 Å². The Hall–Kier alpha value is -3.08. The van der Waals surface area contributed by atoms with E-state index in [2.05, 4.69) is 5.32 Å². The third-order valence-corrected chi connectivity index (χ3v) is 4.58. The lowest BCUT2D eigenvalue weighted by molar-refractivity contribution is -0.117. The fourth-order valence-electron chi connectivity index (χ4n) is 3.04. The maximum atomic E-state index is 12.0. The quantitative estimate of drug-likeness (QED) is 0.768. The van der Waals surface area contributed by atoms with Gasteiger partial charge in [0.2, 0.25) is 11.8 Å². The number of ether oxygens (including phenoxy) is 1. The van der Waals surface area contributed by atoms with E-state index < -0.39 is 0 Å².